The normalized spacial score (nSPS) is 41.7. The van der Waals surface area contributed by atoms with Gasteiger partial charge in [0.1, 0.15) is 0 Å². The number of nitrogens with one attached hydrogen (secondary N) is 1. The van der Waals surface area contributed by atoms with Crippen LogP contribution in [0.4, 0.5) is 0 Å². The van der Waals surface area contributed by atoms with Crippen molar-refractivity contribution < 1.29 is 15.3 Å². The first kappa shape index (κ1) is 7.94. The predicted molar refractivity (Wildman–Crippen MR) is 35.5 cm³/mol. The van der Waals surface area contributed by atoms with Crippen molar-refractivity contribution in [2.45, 2.75) is 24.7 Å². The molecule has 0 saturated carbocycles. The number of aliphatic hydroxyl groups is 3. The van der Waals surface area contributed by atoms with Gasteiger partial charge in [-0.05, 0) is 13.0 Å². The molecule has 10 heavy (non-hydrogen) atoms. The van der Waals surface area contributed by atoms with E-state index in [1.54, 1.807) is 0 Å². The highest BCUT2D eigenvalue weighted by atomic mass is 16.3. The average Bonchev–Trinajstić information content (AvgIpc) is 1.95. The van der Waals surface area contributed by atoms with Gasteiger partial charge in [-0.1, -0.05) is 0 Å². The molecule has 4 N–H and O–H groups in total. The summed E-state index contributed by atoms with van der Waals surface area (Å²) < 4.78 is 0. The largest absolute Gasteiger partial charge is 0.395 e. The molecular formula is C6H13NO3. The van der Waals surface area contributed by atoms with E-state index in [4.69, 9.17) is 15.3 Å². The number of hydrogen-bond acceptors (Lipinski definition) is 4. The molecule has 1 rings (SSSR count). The van der Waals surface area contributed by atoms with Crippen molar-refractivity contribution in [3.63, 3.8) is 0 Å². The van der Waals surface area contributed by atoms with Crippen LogP contribution in [0.1, 0.15) is 6.42 Å². The molecule has 1 heterocycles. The summed E-state index contributed by atoms with van der Waals surface area (Å²) in [6.07, 6.45) is -0.949. The maximum atomic E-state index is 9.16. The second kappa shape index (κ2) is 3.30. The van der Waals surface area contributed by atoms with Crippen LogP contribution in [0.2, 0.25) is 0 Å². The molecule has 0 aromatic rings. The van der Waals surface area contributed by atoms with Gasteiger partial charge >= 0.3 is 0 Å². The van der Waals surface area contributed by atoms with Crippen molar-refractivity contribution in [2.75, 3.05) is 13.2 Å². The summed E-state index contributed by atoms with van der Waals surface area (Å²) in [5.41, 5.74) is 0. The maximum Gasteiger partial charge on any atom is 0.0974 e. The van der Waals surface area contributed by atoms with Gasteiger partial charge in [0.05, 0.1) is 24.9 Å². The standard InChI is InChI=1S/C6H13NO3/c8-3-4-6(10)5(9)1-2-7-4/h4-10H,1-3H2/t4-,5-,6+/m0/s1. The Balaban J connectivity index is 2.42. The molecule has 0 aromatic carbocycles. The Hall–Kier alpha value is -0.160. The van der Waals surface area contributed by atoms with E-state index in [-0.39, 0.29) is 12.6 Å². The third kappa shape index (κ3) is 1.46. The number of aliphatic hydroxyl groups excluding tert-OH is 3. The van der Waals surface area contributed by atoms with Crippen molar-refractivity contribution in [3.05, 3.63) is 0 Å². The first-order chi connectivity index (χ1) is 4.75. The molecule has 3 atom stereocenters. The fourth-order valence-electron chi connectivity index (χ4n) is 1.15. The third-order valence-electron chi connectivity index (χ3n) is 1.85. The lowest BCUT2D eigenvalue weighted by atomic mass is 9.99. The zero-order chi connectivity index (χ0) is 7.56. The van der Waals surface area contributed by atoms with Crippen LogP contribution in [-0.2, 0) is 0 Å². The highest BCUT2D eigenvalue weighted by molar-refractivity contribution is 4.85. The lowest BCUT2D eigenvalue weighted by molar-refractivity contribution is -0.0382. The highest BCUT2D eigenvalue weighted by Gasteiger charge is 2.28. The fraction of sp³-hybridized carbons (Fsp3) is 1.00. The van der Waals surface area contributed by atoms with Crippen LogP contribution in [-0.4, -0.2) is 46.7 Å². The van der Waals surface area contributed by atoms with Crippen molar-refractivity contribution >= 4 is 0 Å². The van der Waals surface area contributed by atoms with E-state index < -0.39 is 12.2 Å². The van der Waals surface area contributed by atoms with Crippen LogP contribution >= 0.6 is 0 Å². The van der Waals surface area contributed by atoms with E-state index in [2.05, 4.69) is 5.32 Å². The lowest BCUT2D eigenvalue weighted by Crippen LogP contribution is -2.54. The smallest absolute Gasteiger partial charge is 0.0974 e. The molecule has 0 radical (unpaired) electrons. The van der Waals surface area contributed by atoms with Gasteiger partial charge in [-0.3, -0.25) is 0 Å². The maximum absolute atomic E-state index is 9.16. The highest BCUT2D eigenvalue weighted by Crippen LogP contribution is 2.08. The van der Waals surface area contributed by atoms with Crippen LogP contribution in [0.25, 0.3) is 0 Å². The Morgan fingerprint density at radius 3 is 2.60 bits per heavy atom. The minimum absolute atomic E-state index is 0.127. The number of hydrogen-bond donors (Lipinski definition) is 4. The van der Waals surface area contributed by atoms with Crippen LogP contribution in [0.3, 0.4) is 0 Å². The monoisotopic (exact) mass is 147 g/mol. The van der Waals surface area contributed by atoms with E-state index >= 15 is 0 Å². The predicted octanol–water partition coefficient (Wildman–Crippen LogP) is -1.94. The van der Waals surface area contributed by atoms with Crippen LogP contribution < -0.4 is 5.32 Å². The molecule has 0 aliphatic carbocycles. The second-order valence-electron chi connectivity index (χ2n) is 2.59. The van der Waals surface area contributed by atoms with Crippen LogP contribution in [0.15, 0.2) is 0 Å². The Morgan fingerprint density at radius 1 is 1.40 bits per heavy atom. The summed E-state index contributed by atoms with van der Waals surface area (Å²) in [6, 6.07) is -0.358. The number of piperidine rings is 1. The summed E-state index contributed by atoms with van der Waals surface area (Å²) in [6.45, 7) is 0.529. The minimum Gasteiger partial charge on any atom is -0.395 e. The van der Waals surface area contributed by atoms with Crippen molar-refractivity contribution in [3.8, 4) is 0 Å². The lowest BCUT2D eigenvalue weighted by Gasteiger charge is -2.31. The average molecular weight is 147 g/mol. The Bertz CT molecular complexity index is 109. The summed E-state index contributed by atoms with van der Waals surface area (Å²) in [7, 11) is 0. The summed E-state index contributed by atoms with van der Waals surface area (Å²) in [5, 5.41) is 29.8. The molecule has 1 aliphatic rings. The molecule has 4 nitrogen and oxygen atoms in total. The Labute approximate surface area is 59.5 Å². The summed E-state index contributed by atoms with van der Waals surface area (Å²) in [5.74, 6) is 0. The SMILES string of the molecule is OC[C@@H]1NCC[C@H](O)[C@@H]1O. The van der Waals surface area contributed by atoms with Gasteiger partial charge in [0.25, 0.3) is 0 Å². The summed E-state index contributed by atoms with van der Waals surface area (Å²) >= 11 is 0. The molecule has 60 valence electrons. The first-order valence-electron chi connectivity index (χ1n) is 3.46. The minimum atomic E-state index is -0.821. The van der Waals surface area contributed by atoms with Gasteiger partial charge in [0, 0.05) is 0 Å². The third-order valence-corrected chi connectivity index (χ3v) is 1.85. The van der Waals surface area contributed by atoms with E-state index in [0.29, 0.717) is 13.0 Å². The first-order valence-corrected chi connectivity index (χ1v) is 3.46. The van der Waals surface area contributed by atoms with Crippen molar-refractivity contribution in [1.29, 1.82) is 0 Å². The van der Waals surface area contributed by atoms with Gasteiger partial charge in [0.15, 0.2) is 0 Å². The molecule has 0 unspecified atom stereocenters. The fourth-order valence-corrected chi connectivity index (χ4v) is 1.15. The van der Waals surface area contributed by atoms with Gasteiger partial charge in [-0.2, -0.15) is 0 Å². The van der Waals surface area contributed by atoms with Gasteiger partial charge in [0.2, 0.25) is 0 Å². The zero-order valence-electron chi connectivity index (χ0n) is 5.70. The van der Waals surface area contributed by atoms with E-state index in [0.717, 1.165) is 0 Å². The van der Waals surface area contributed by atoms with E-state index in [9.17, 15) is 0 Å². The topological polar surface area (TPSA) is 72.7 Å². The Morgan fingerprint density at radius 2 is 2.10 bits per heavy atom. The van der Waals surface area contributed by atoms with Gasteiger partial charge < -0.3 is 20.6 Å². The molecule has 0 bridgehead atoms. The van der Waals surface area contributed by atoms with Crippen molar-refractivity contribution in [2.24, 2.45) is 0 Å². The summed E-state index contributed by atoms with van der Waals surface area (Å²) in [4.78, 5) is 0. The molecule has 1 saturated heterocycles. The quantitative estimate of drug-likeness (QED) is 0.348. The van der Waals surface area contributed by atoms with Crippen LogP contribution in [0, 0.1) is 0 Å². The number of rotatable bonds is 1. The molecule has 1 fully saturated rings. The van der Waals surface area contributed by atoms with Gasteiger partial charge in [-0.25, -0.2) is 0 Å². The molecule has 1 aliphatic heterocycles. The second-order valence-corrected chi connectivity index (χ2v) is 2.59. The van der Waals surface area contributed by atoms with Gasteiger partial charge in [-0.15, -0.1) is 0 Å². The zero-order valence-corrected chi connectivity index (χ0v) is 5.70. The van der Waals surface area contributed by atoms with Crippen LogP contribution in [0.5, 0.6) is 0 Å². The Kier molecular flexibility index (Phi) is 2.62. The molecule has 0 spiro atoms. The van der Waals surface area contributed by atoms with E-state index in [1.165, 1.54) is 0 Å². The van der Waals surface area contributed by atoms with E-state index in [1.807, 2.05) is 0 Å². The molecule has 0 aromatic heterocycles. The molecule has 4 heteroatoms. The molecule has 0 amide bonds. The van der Waals surface area contributed by atoms with Crippen molar-refractivity contribution in [1.82, 2.24) is 5.32 Å². The molecular weight excluding hydrogens is 134 g/mol.